The number of halogens is 1. The first kappa shape index (κ1) is 14.9. The highest BCUT2D eigenvalue weighted by Crippen LogP contribution is 2.35. The van der Waals surface area contributed by atoms with Gasteiger partial charge in [-0.25, -0.2) is 0 Å². The van der Waals surface area contributed by atoms with Crippen molar-refractivity contribution in [3.63, 3.8) is 0 Å². The van der Waals surface area contributed by atoms with E-state index in [0.29, 0.717) is 17.3 Å². The Balaban J connectivity index is 0.00000144. The van der Waals surface area contributed by atoms with Crippen molar-refractivity contribution >= 4 is 23.9 Å². The molecule has 22 heavy (non-hydrogen) atoms. The number of phenols is 1. The highest BCUT2D eigenvalue weighted by molar-refractivity contribution is 5.85. The molecule has 0 bridgehead atoms. The van der Waals surface area contributed by atoms with Gasteiger partial charge in [0.15, 0.2) is 5.82 Å². The second-order valence-electron chi connectivity index (χ2n) is 5.41. The third-order valence-electron chi connectivity index (χ3n) is 4.12. The lowest BCUT2D eigenvalue weighted by atomic mass is 10.1. The number of aromatic hydroxyl groups is 1. The molecule has 4 rings (SSSR count). The second kappa shape index (κ2) is 5.98. The van der Waals surface area contributed by atoms with Gasteiger partial charge in [0.2, 0.25) is 0 Å². The van der Waals surface area contributed by atoms with Crippen LogP contribution in [0.5, 0.6) is 5.75 Å². The minimum Gasteiger partial charge on any atom is -0.507 e. The average Bonchev–Trinajstić information content (AvgIpc) is 2.55. The van der Waals surface area contributed by atoms with Crippen LogP contribution in [-0.4, -0.2) is 47.5 Å². The Morgan fingerprint density at radius 1 is 1.18 bits per heavy atom. The number of rotatable bonds is 1. The van der Waals surface area contributed by atoms with Crippen LogP contribution >= 0.6 is 12.4 Å². The quantitative estimate of drug-likeness (QED) is 0.739. The van der Waals surface area contributed by atoms with Crippen molar-refractivity contribution in [1.82, 2.24) is 15.5 Å². The first-order chi connectivity index (χ1) is 10.3. The minimum atomic E-state index is 0. The fourth-order valence-corrected chi connectivity index (χ4v) is 3.02. The van der Waals surface area contributed by atoms with E-state index < -0.39 is 0 Å². The molecule has 0 aliphatic carbocycles. The van der Waals surface area contributed by atoms with Crippen molar-refractivity contribution in [2.75, 3.05) is 36.4 Å². The zero-order chi connectivity index (χ0) is 14.2. The molecule has 7 heteroatoms. The summed E-state index contributed by atoms with van der Waals surface area (Å²) in [6, 6.07) is 9.68. The van der Waals surface area contributed by atoms with Crippen LogP contribution in [0.4, 0.5) is 11.5 Å². The molecule has 2 aliphatic heterocycles. The summed E-state index contributed by atoms with van der Waals surface area (Å²) in [5.41, 5.74) is 2.49. The fourth-order valence-electron chi connectivity index (χ4n) is 3.02. The van der Waals surface area contributed by atoms with Gasteiger partial charge in [-0.3, -0.25) is 0 Å². The van der Waals surface area contributed by atoms with Gasteiger partial charge in [-0.2, -0.15) is 0 Å². The summed E-state index contributed by atoms with van der Waals surface area (Å²) in [5, 5.41) is 25.3. The molecule has 6 nitrogen and oxygen atoms in total. The van der Waals surface area contributed by atoms with E-state index in [0.717, 1.165) is 37.7 Å². The van der Waals surface area contributed by atoms with E-state index in [4.69, 9.17) is 0 Å². The van der Waals surface area contributed by atoms with Crippen LogP contribution < -0.4 is 15.5 Å². The van der Waals surface area contributed by atoms with Gasteiger partial charge in [0.05, 0.1) is 17.4 Å². The van der Waals surface area contributed by atoms with Crippen molar-refractivity contribution in [3.8, 4) is 17.0 Å². The third kappa shape index (κ3) is 2.44. The Morgan fingerprint density at radius 2 is 2.05 bits per heavy atom. The number of anilines is 2. The molecule has 2 aliphatic rings. The predicted molar refractivity (Wildman–Crippen MR) is 88.9 cm³/mol. The Labute approximate surface area is 135 Å². The van der Waals surface area contributed by atoms with E-state index in [-0.39, 0.29) is 18.2 Å². The van der Waals surface area contributed by atoms with Crippen LogP contribution in [-0.2, 0) is 0 Å². The number of hydrogen-bond acceptors (Lipinski definition) is 6. The van der Waals surface area contributed by atoms with Crippen LogP contribution in [0.3, 0.4) is 0 Å². The number of fused-ring (bicyclic) bond motifs is 3. The van der Waals surface area contributed by atoms with Crippen LogP contribution in [0.2, 0.25) is 0 Å². The van der Waals surface area contributed by atoms with Crippen LogP contribution in [0.1, 0.15) is 0 Å². The van der Waals surface area contributed by atoms with Gasteiger partial charge in [0, 0.05) is 31.7 Å². The molecule has 0 unspecified atom stereocenters. The maximum absolute atomic E-state index is 9.99. The fraction of sp³-hybridized carbons (Fsp3) is 0.333. The summed E-state index contributed by atoms with van der Waals surface area (Å²) in [7, 11) is 0. The molecule has 0 radical (unpaired) electrons. The molecular weight excluding hydrogens is 302 g/mol. The van der Waals surface area contributed by atoms with Crippen LogP contribution in [0.15, 0.2) is 30.3 Å². The molecule has 116 valence electrons. The molecule has 1 aromatic heterocycles. The van der Waals surface area contributed by atoms with E-state index in [9.17, 15) is 5.11 Å². The summed E-state index contributed by atoms with van der Waals surface area (Å²) in [6.07, 6.45) is 0. The van der Waals surface area contributed by atoms with Gasteiger partial charge in [-0.15, -0.1) is 22.6 Å². The monoisotopic (exact) mass is 319 g/mol. The number of phenolic OH excluding ortho intramolecular Hbond substituents is 1. The molecule has 3 N–H and O–H groups in total. The Hall–Kier alpha value is -2.05. The van der Waals surface area contributed by atoms with Gasteiger partial charge in [-0.05, 0) is 18.2 Å². The Kier molecular flexibility index (Phi) is 4.04. The van der Waals surface area contributed by atoms with Gasteiger partial charge in [0.25, 0.3) is 0 Å². The van der Waals surface area contributed by atoms with E-state index in [1.54, 1.807) is 12.1 Å². The lowest BCUT2D eigenvalue weighted by molar-refractivity contribution is 0.476. The topological polar surface area (TPSA) is 73.3 Å². The number of hydrogen-bond donors (Lipinski definition) is 3. The Bertz CT molecular complexity index is 681. The summed E-state index contributed by atoms with van der Waals surface area (Å²) in [6.45, 7) is 3.79. The lowest BCUT2D eigenvalue weighted by Gasteiger charge is -2.42. The van der Waals surface area contributed by atoms with Gasteiger partial charge < -0.3 is 20.6 Å². The van der Waals surface area contributed by atoms with Crippen LogP contribution in [0, 0.1) is 0 Å². The highest BCUT2D eigenvalue weighted by Gasteiger charge is 2.29. The van der Waals surface area contributed by atoms with Gasteiger partial charge in [-0.1, -0.05) is 12.1 Å². The number of nitrogens with one attached hydrogen (secondary N) is 2. The molecule has 0 saturated carbocycles. The number of aromatic nitrogens is 2. The van der Waals surface area contributed by atoms with Crippen molar-refractivity contribution < 1.29 is 5.11 Å². The molecular formula is C15H18ClN5O. The molecule has 0 amide bonds. The van der Waals surface area contributed by atoms with Crippen molar-refractivity contribution in [1.29, 1.82) is 0 Å². The highest BCUT2D eigenvalue weighted by atomic mass is 35.5. The predicted octanol–water partition coefficient (Wildman–Crippen LogP) is 1.47. The van der Waals surface area contributed by atoms with Gasteiger partial charge >= 0.3 is 0 Å². The van der Waals surface area contributed by atoms with Crippen LogP contribution in [0.25, 0.3) is 11.3 Å². The zero-order valence-corrected chi connectivity index (χ0v) is 12.8. The summed E-state index contributed by atoms with van der Waals surface area (Å²) >= 11 is 0. The number of benzene rings is 1. The maximum atomic E-state index is 9.99. The second-order valence-corrected chi connectivity index (χ2v) is 5.41. The zero-order valence-electron chi connectivity index (χ0n) is 12.0. The maximum Gasteiger partial charge on any atom is 0.172 e. The van der Waals surface area contributed by atoms with E-state index in [1.807, 2.05) is 18.2 Å². The number of piperazine rings is 1. The molecule has 1 fully saturated rings. The smallest absolute Gasteiger partial charge is 0.172 e. The van der Waals surface area contributed by atoms with Crippen molar-refractivity contribution in [3.05, 3.63) is 30.3 Å². The van der Waals surface area contributed by atoms with E-state index >= 15 is 0 Å². The SMILES string of the molecule is Cl.Oc1ccccc1-c1cc2c(nn1)NC[C@H]1CNCCN21. The number of nitrogens with zero attached hydrogens (tertiary/aromatic N) is 3. The van der Waals surface area contributed by atoms with Gasteiger partial charge in [0.1, 0.15) is 5.75 Å². The summed E-state index contributed by atoms with van der Waals surface area (Å²) in [5.74, 6) is 1.06. The molecule has 0 spiro atoms. The normalized spacial score (nSPS) is 19.5. The lowest BCUT2D eigenvalue weighted by Crippen LogP contribution is -2.56. The molecule has 1 aromatic carbocycles. The summed E-state index contributed by atoms with van der Waals surface area (Å²) in [4.78, 5) is 2.38. The van der Waals surface area contributed by atoms with E-state index in [1.165, 1.54) is 0 Å². The standard InChI is InChI=1S/C15H17N5O.ClH/c21-14-4-2-1-3-11(14)12-7-13-15(19-18-12)17-9-10-8-16-5-6-20(10)13;/h1-4,7,10,16,21H,5-6,8-9H2,(H,17,19);1H/t10-;/m1./s1. The Morgan fingerprint density at radius 3 is 2.91 bits per heavy atom. The molecule has 3 heterocycles. The van der Waals surface area contributed by atoms with E-state index in [2.05, 4.69) is 25.7 Å². The average molecular weight is 320 g/mol. The van der Waals surface area contributed by atoms with Crippen molar-refractivity contribution in [2.24, 2.45) is 0 Å². The molecule has 1 atom stereocenters. The largest absolute Gasteiger partial charge is 0.507 e. The first-order valence-corrected chi connectivity index (χ1v) is 7.20. The summed E-state index contributed by atoms with van der Waals surface area (Å²) < 4.78 is 0. The first-order valence-electron chi connectivity index (χ1n) is 7.20. The third-order valence-corrected chi connectivity index (χ3v) is 4.12. The molecule has 2 aromatic rings. The molecule has 1 saturated heterocycles. The van der Waals surface area contributed by atoms with Crippen molar-refractivity contribution in [2.45, 2.75) is 6.04 Å². The number of para-hydroxylation sites is 1. The minimum absolute atomic E-state index is 0.